The lowest BCUT2D eigenvalue weighted by molar-refractivity contribution is -0.312. The predicted molar refractivity (Wildman–Crippen MR) is 57.8 cm³/mol. The molecular formula is C10H17NO7. The minimum absolute atomic E-state index is 0.180. The van der Waals surface area contributed by atoms with Gasteiger partial charge in [0.25, 0.3) is 5.91 Å². The fraction of sp³-hybridized carbons (Fsp3) is 0.700. The second-order valence-electron chi connectivity index (χ2n) is 4.03. The Hall–Kier alpha value is -1.03. The molecule has 0 radical (unpaired) electrons. The van der Waals surface area contributed by atoms with E-state index in [1.54, 1.807) is 0 Å². The fourth-order valence-electron chi connectivity index (χ4n) is 1.36. The molecule has 1 aliphatic heterocycles. The number of rotatable bonds is 4. The van der Waals surface area contributed by atoms with Crippen molar-refractivity contribution in [3.8, 4) is 0 Å². The molecule has 8 nitrogen and oxygen atoms in total. The number of ether oxygens (including phenoxy) is 1. The number of hydrogen-bond acceptors (Lipinski definition) is 7. The summed E-state index contributed by atoms with van der Waals surface area (Å²) in [6, 6.07) is 0. The number of aliphatic hydroxyl groups is 4. The average molecular weight is 263 g/mol. The molecule has 18 heavy (non-hydrogen) atoms. The number of amides is 1. The second kappa shape index (κ2) is 6.23. The Labute approximate surface area is 103 Å². The molecule has 0 bridgehead atoms. The van der Waals surface area contributed by atoms with Gasteiger partial charge < -0.3 is 25.2 Å². The van der Waals surface area contributed by atoms with Crippen LogP contribution in [0.2, 0.25) is 0 Å². The van der Waals surface area contributed by atoms with Crippen LogP contribution in [-0.2, 0) is 14.4 Å². The quantitative estimate of drug-likeness (QED) is 0.278. The zero-order valence-electron chi connectivity index (χ0n) is 9.81. The number of hydroxylamine groups is 1. The van der Waals surface area contributed by atoms with Crippen LogP contribution in [0.5, 0.6) is 0 Å². The summed E-state index contributed by atoms with van der Waals surface area (Å²) < 4.78 is 4.98. The van der Waals surface area contributed by atoms with E-state index in [1.165, 1.54) is 6.92 Å². The van der Waals surface area contributed by atoms with Gasteiger partial charge in [-0.15, -0.1) is 0 Å². The van der Waals surface area contributed by atoms with Crippen LogP contribution in [0.4, 0.5) is 0 Å². The van der Waals surface area contributed by atoms with Gasteiger partial charge >= 0.3 is 0 Å². The summed E-state index contributed by atoms with van der Waals surface area (Å²) in [7, 11) is 0. The van der Waals surface area contributed by atoms with Crippen molar-refractivity contribution in [2.45, 2.75) is 37.6 Å². The van der Waals surface area contributed by atoms with Gasteiger partial charge in [-0.1, -0.05) is 6.58 Å². The molecule has 0 aromatic carbocycles. The van der Waals surface area contributed by atoms with Crippen LogP contribution in [0.25, 0.3) is 0 Å². The van der Waals surface area contributed by atoms with Crippen molar-refractivity contribution in [1.82, 2.24) is 5.48 Å². The monoisotopic (exact) mass is 263 g/mol. The highest BCUT2D eigenvalue weighted by Crippen LogP contribution is 2.21. The number of carbonyl (C=O) groups is 1. The summed E-state index contributed by atoms with van der Waals surface area (Å²) in [6.07, 6.45) is -7.07. The van der Waals surface area contributed by atoms with Crippen molar-refractivity contribution >= 4 is 5.91 Å². The molecule has 1 heterocycles. The highest BCUT2D eigenvalue weighted by atomic mass is 16.8. The molecule has 0 aromatic heterocycles. The van der Waals surface area contributed by atoms with E-state index in [9.17, 15) is 20.1 Å². The number of nitrogens with one attached hydrogen (secondary N) is 1. The van der Waals surface area contributed by atoms with Crippen molar-refractivity contribution in [3.05, 3.63) is 12.2 Å². The minimum atomic E-state index is -1.56. The van der Waals surface area contributed by atoms with Gasteiger partial charge in [0.2, 0.25) is 6.29 Å². The van der Waals surface area contributed by atoms with Crippen LogP contribution >= 0.6 is 0 Å². The lowest BCUT2D eigenvalue weighted by Gasteiger charge is -2.39. The van der Waals surface area contributed by atoms with E-state index in [0.29, 0.717) is 0 Å². The van der Waals surface area contributed by atoms with Crippen molar-refractivity contribution < 1.29 is 34.8 Å². The minimum Gasteiger partial charge on any atom is -0.394 e. The maximum Gasteiger partial charge on any atom is 0.269 e. The molecule has 0 saturated carbocycles. The zero-order valence-corrected chi connectivity index (χ0v) is 9.81. The number of carbonyl (C=O) groups excluding carboxylic acids is 1. The van der Waals surface area contributed by atoms with Gasteiger partial charge in [0.05, 0.1) is 6.61 Å². The molecule has 104 valence electrons. The third-order valence-electron chi connectivity index (χ3n) is 2.50. The van der Waals surface area contributed by atoms with Crippen LogP contribution < -0.4 is 5.48 Å². The number of hydrogen-bond donors (Lipinski definition) is 5. The second-order valence-corrected chi connectivity index (χ2v) is 4.03. The molecule has 0 aliphatic carbocycles. The summed E-state index contributed by atoms with van der Waals surface area (Å²) in [6.45, 7) is 4.25. The average Bonchev–Trinajstić information content (AvgIpc) is 2.34. The van der Waals surface area contributed by atoms with E-state index in [1.807, 2.05) is 5.48 Å². The summed E-state index contributed by atoms with van der Waals surface area (Å²) in [5.74, 6) is -0.619. The first-order valence-electron chi connectivity index (χ1n) is 5.30. The van der Waals surface area contributed by atoms with Crippen LogP contribution in [0.1, 0.15) is 6.92 Å². The maximum atomic E-state index is 11.2. The van der Waals surface area contributed by atoms with Gasteiger partial charge in [-0.05, 0) is 6.92 Å². The molecule has 1 saturated heterocycles. The Kier molecular flexibility index (Phi) is 5.20. The van der Waals surface area contributed by atoms with Gasteiger partial charge in [-0.25, -0.2) is 10.3 Å². The van der Waals surface area contributed by atoms with E-state index < -0.39 is 43.2 Å². The lowest BCUT2D eigenvalue weighted by atomic mass is 9.99. The largest absolute Gasteiger partial charge is 0.394 e. The Morgan fingerprint density at radius 2 is 1.94 bits per heavy atom. The summed E-state index contributed by atoms with van der Waals surface area (Å²) in [4.78, 5) is 15.9. The van der Waals surface area contributed by atoms with Crippen molar-refractivity contribution in [2.24, 2.45) is 0 Å². The van der Waals surface area contributed by atoms with Gasteiger partial charge in [0.1, 0.15) is 24.4 Å². The molecule has 0 aromatic rings. The first kappa shape index (κ1) is 15.0. The highest BCUT2D eigenvalue weighted by molar-refractivity contribution is 5.91. The highest BCUT2D eigenvalue weighted by Gasteiger charge is 2.44. The molecule has 5 atom stereocenters. The molecular weight excluding hydrogens is 246 g/mol. The molecule has 1 unspecified atom stereocenters. The van der Waals surface area contributed by atoms with E-state index in [-0.39, 0.29) is 5.57 Å². The number of aliphatic hydroxyl groups excluding tert-OH is 4. The SMILES string of the molecule is C=C(C)C(=O)NOC1O[C@H](CO)[C@@H](O)[C@H](O)[C@H]1O. The summed E-state index contributed by atoms with van der Waals surface area (Å²) in [5, 5.41) is 37.4. The van der Waals surface area contributed by atoms with Crippen molar-refractivity contribution in [3.63, 3.8) is 0 Å². The third-order valence-corrected chi connectivity index (χ3v) is 2.50. The fourth-order valence-corrected chi connectivity index (χ4v) is 1.36. The van der Waals surface area contributed by atoms with E-state index >= 15 is 0 Å². The lowest BCUT2D eigenvalue weighted by Crippen LogP contribution is -2.60. The molecule has 8 heteroatoms. The molecule has 1 fully saturated rings. The van der Waals surface area contributed by atoms with Gasteiger partial charge in [-0.2, -0.15) is 0 Å². The first-order chi connectivity index (χ1) is 8.38. The smallest absolute Gasteiger partial charge is 0.269 e. The van der Waals surface area contributed by atoms with Crippen LogP contribution in [0.15, 0.2) is 12.2 Å². The normalized spacial score (nSPS) is 36.2. The Balaban J connectivity index is 2.59. The predicted octanol–water partition coefficient (Wildman–Crippen LogP) is -2.59. The molecule has 0 spiro atoms. The van der Waals surface area contributed by atoms with Crippen molar-refractivity contribution in [2.75, 3.05) is 6.61 Å². The first-order valence-corrected chi connectivity index (χ1v) is 5.30. The van der Waals surface area contributed by atoms with Gasteiger partial charge in [0, 0.05) is 5.57 Å². The third kappa shape index (κ3) is 3.25. The van der Waals surface area contributed by atoms with Gasteiger partial charge in [0.15, 0.2) is 0 Å². The molecule has 1 aliphatic rings. The summed E-state index contributed by atoms with van der Waals surface area (Å²) >= 11 is 0. The topological polar surface area (TPSA) is 128 Å². The molecule has 5 N–H and O–H groups in total. The Morgan fingerprint density at radius 1 is 1.33 bits per heavy atom. The molecule has 1 rings (SSSR count). The van der Waals surface area contributed by atoms with Crippen LogP contribution in [0.3, 0.4) is 0 Å². The van der Waals surface area contributed by atoms with E-state index in [0.717, 1.165) is 0 Å². The van der Waals surface area contributed by atoms with Crippen LogP contribution in [-0.4, -0.2) is 63.6 Å². The zero-order chi connectivity index (χ0) is 13.9. The maximum absolute atomic E-state index is 11.2. The molecule has 1 amide bonds. The standard InChI is InChI=1S/C10H17NO7/c1-4(2)9(16)11-18-10-8(15)7(14)6(13)5(3-12)17-10/h5-8,10,12-15H,1,3H2,2H3,(H,11,16)/t5-,6-,7+,8-,10?/m1/s1. The van der Waals surface area contributed by atoms with Gasteiger partial charge in [-0.3, -0.25) is 4.79 Å². The Bertz CT molecular complexity index is 319. The van der Waals surface area contributed by atoms with Crippen LogP contribution in [0, 0.1) is 0 Å². The Morgan fingerprint density at radius 3 is 2.44 bits per heavy atom. The van der Waals surface area contributed by atoms with E-state index in [2.05, 4.69) is 6.58 Å². The van der Waals surface area contributed by atoms with Crippen molar-refractivity contribution in [1.29, 1.82) is 0 Å². The summed E-state index contributed by atoms with van der Waals surface area (Å²) in [5.41, 5.74) is 2.14. The van der Waals surface area contributed by atoms with E-state index in [4.69, 9.17) is 14.7 Å².